The smallest absolute Gasteiger partial charge is 0.331 e. The van der Waals surface area contributed by atoms with Gasteiger partial charge in [-0.05, 0) is 32.0 Å². The molecule has 8 nitrogen and oxygen atoms in total. The molecule has 0 aliphatic heterocycles. The number of hydrogen-bond acceptors (Lipinski definition) is 6. The summed E-state index contributed by atoms with van der Waals surface area (Å²) in [6.45, 7) is 3.53. The third-order valence-electron chi connectivity index (χ3n) is 3.58. The molecule has 122 valence electrons. The summed E-state index contributed by atoms with van der Waals surface area (Å²) in [5, 5.41) is 19.3. The Labute approximate surface area is 138 Å². The van der Waals surface area contributed by atoms with Crippen LogP contribution in [0.5, 0.6) is 0 Å². The van der Waals surface area contributed by atoms with E-state index < -0.39 is 12.0 Å². The molecule has 0 radical (unpaired) electrons. The van der Waals surface area contributed by atoms with Crippen molar-refractivity contribution in [2.24, 2.45) is 0 Å². The zero-order valence-electron chi connectivity index (χ0n) is 13.2. The van der Waals surface area contributed by atoms with Gasteiger partial charge >= 0.3 is 5.97 Å². The number of carboxylic acids is 1. The second-order valence-electron chi connectivity index (χ2n) is 5.24. The largest absolute Gasteiger partial charge is 0.479 e. The zero-order valence-corrected chi connectivity index (χ0v) is 13.2. The molecule has 1 atom stereocenters. The maximum absolute atomic E-state index is 11.7. The third-order valence-corrected chi connectivity index (χ3v) is 3.58. The Bertz CT molecular complexity index is 843. The molecular formula is C16H16N6O2. The van der Waals surface area contributed by atoms with Crippen LogP contribution >= 0.6 is 0 Å². The third kappa shape index (κ3) is 3.07. The Morgan fingerprint density at radius 3 is 2.62 bits per heavy atom. The van der Waals surface area contributed by atoms with Gasteiger partial charge in [-0.3, -0.25) is 10.1 Å². The highest BCUT2D eigenvalue weighted by molar-refractivity contribution is 5.79. The molecule has 0 saturated heterocycles. The number of hydrogen-bond donors (Lipinski definition) is 3. The summed E-state index contributed by atoms with van der Waals surface area (Å²) in [4.78, 5) is 24.4. The van der Waals surface area contributed by atoms with E-state index in [4.69, 9.17) is 0 Å². The van der Waals surface area contributed by atoms with Crippen molar-refractivity contribution in [1.29, 1.82) is 0 Å². The molecule has 24 heavy (non-hydrogen) atoms. The molecule has 0 spiro atoms. The van der Waals surface area contributed by atoms with E-state index in [1.165, 1.54) is 0 Å². The van der Waals surface area contributed by atoms with Crippen LogP contribution in [0.4, 0.5) is 5.95 Å². The average Bonchev–Trinajstić information content (AvgIpc) is 2.92. The summed E-state index contributed by atoms with van der Waals surface area (Å²) in [5.41, 5.74) is 3.18. The van der Waals surface area contributed by atoms with Crippen molar-refractivity contribution in [2.75, 3.05) is 5.32 Å². The van der Waals surface area contributed by atoms with Crippen LogP contribution in [0, 0.1) is 13.8 Å². The molecule has 0 aliphatic rings. The summed E-state index contributed by atoms with van der Waals surface area (Å²) in [7, 11) is 0. The maximum Gasteiger partial charge on any atom is 0.331 e. The van der Waals surface area contributed by atoms with E-state index in [0.717, 1.165) is 0 Å². The van der Waals surface area contributed by atoms with E-state index in [2.05, 4.69) is 30.5 Å². The fourth-order valence-corrected chi connectivity index (χ4v) is 2.46. The van der Waals surface area contributed by atoms with Crippen LogP contribution < -0.4 is 5.32 Å². The number of carboxylic acid groups (broad SMARTS) is 1. The Kier molecular flexibility index (Phi) is 4.19. The SMILES string of the molecule is Cc1n[nH]c(C)c1[C@@H](Nc1nccc(-c2ccccn2)n1)C(=O)O. The lowest BCUT2D eigenvalue weighted by atomic mass is 10.1. The molecular weight excluding hydrogens is 308 g/mol. The maximum atomic E-state index is 11.7. The van der Waals surface area contributed by atoms with E-state index >= 15 is 0 Å². The average molecular weight is 324 g/mol. The fourth-order valence-electron chi connectivity index (χ4n) is 2.46. The summed E-state index contributed by atoms with van der Waals surface area (Å²) in [6, 6.07) is 6.22. The van der Waals surface area contributed by atoms with Crippen molar-refractivity contribution in [3.05, 3.63) is 53.6 Å². The lowest BCUT2D eigenvalue weighted by molar-refractivity contribution is -0.138. The van der Waals surface area contributed by atoms with Gasteiger partial charge in [0.05, 0.1) is 17.1 Å². The Morgan fingerprint density at radius 2 is 2.00 bits per heavy atom. The summed E-state index contributed by atoms with van der Waals surface area (Å²) < 4.78 is 0. The molecule has 0 saturated carbocycles. The van der Waals surface area contributed by atoms with E-state index in [1.54, 1.807) is 32.3 Å². The van der Waals surface area contributed by atoms with Crippen molar-refractivity contribution in [3.8, 4) is 11.4 Å². The van der Waals surface area contributed by atoms with Crippen LogP contribution in [0.15, 0.2) is 36.7 Å². The fraction of sp³-hybridized carbons (Fsp3) is 0.188. The van der Waals surface area contributed by atoms with Gasteiger partial charge in [-0.15, -0.1) is 0 Å². The highest BCUT2D eigenvalue weighted by Gasteiger charge is 2.26. The first kappa shape index (κ1) is 15.6. The van der Waals surface area contributed by atoms with E-state index in [-0.39, 0.29) is 5.95 Å². The Hall–Kier alpha value is -3.29. The molecule has 0 aliphatic carbocycles. The lowest BCUT2D eigenvalue weighted by Gasteiger charge is -2.15. The number of aryl methyl sites for hydroxylation is 2. The molecule has 0 aromatic carbocycles. The van der Waals surface area contributed by atoms with Crippen LogP contribution in [-0.2, 0) is 4.79 Å². The minimum Gasteiger partial charge on any atom is -0.479 e. The molecule has 3 aromatic heterocycles. The van der Waals surface area contributed by atoms with Gasteiger partial charge in [0, 0.05) is 23.7 Å². The number of nitrogens with one attached hydrogen (secondary N) is 2. The molecule has 0 bridgehead atoms. The predicted octanol–water partition coefficient (Wildman–Crippen LogP) is 2.12. The second kappa shape index (κ2) is 6.45. The molecule has 8 heteroatoms. The van der Waals surface area contributed by atoms with Gasteiger partial charge < -0.3 is 10.4 Å². The number of aromatic nitrogens is 5. The van der Waals surface area contributed by atoms with E-state index in [9.17, 15) is 9.90 Å². The quantitative estimate of drug-likeness (QED) is 0.658. The van der Waals surface area contributed by atoms with Crippen LogP contribution in [0.2, 0.25) is 0 Å². The molecule has 3 N–H and O–H groups in total. The van der Waals surface area contributed by atoms with Crippen LogP contribution in [0.3, 0.4) is 0 Å². The van der Waals surface area contributed by atoms with Crippen molar-refractivity contribution in [2.45, 2.75) is 19.9 Å². The monoisotopic (exact) mass is 324 g/mol. The zero-order chi connectivity index (χ0) is 17.1. The Balaban J connectivity index is 1.93. The number of aliphatic carboxylic acids is 1. The van der Waals surface area contributed by atoms with Crippen molar-refractivity contribution < 1.29 is 9.90 Å². The van der Waals surface area contributed by atoms with Gasteiger partial charge in [0.2, 0.25) is 5.95 Å². The number of H-pyrrole nitrogens is 1. The molecule has 0 fully saturated rings. The van der Waals surface area contributed by atoms with Crippen molar-refractivity contribution >= 4 is 11.9 Å². The molecule has 3 heterocycles. The number of carbonyl (C=O) groups is 1. The number of nitrogens with zero attached hydrogens (tertiary/aromatic N) is 4. The molecule has 0 amide bonds. The first-order valence-corrected chi connectivity index (χ1v) is 7.31. The van der Waals surface area contributed by atoms with Gasteiger partial charge in [0.25, 0.3) is 0 Å². The number of aromatic amines is 1. The highest BCUT2D eigenvalue weighted by atomic mass is 16.4. The standard InChI is InChI=1S/C16H16N6O2/c1-9-13(10(2)22-21-9)14(15(23)24)20-16-18-8-6-12(19-16)11-5-3-4-7-17-11/h3-8,14H,1-2H3,(H,21,22)(H,23,24)(H,18,19,20)/t14-/m1/s1. The summed E-state index contributed by atoms with van der Waals surface area (Å²) >= 11 is 0. The van der Waals surface area contributed by atoms with Crippen molar-refractivity contribution in [3.63, 3.8) is 0 Å². The summed E-state index contributed by atoms with van der Waals surface area (Å²) in [5.74, 6) is -0.819. The van der Waals surface area contributed by atoms with Crippen LogP contribution in [0.25, 0.3) is 11.4 Å². The van der Waals surface area contributed by atoms with Gasteiger partial charge in [-0.1, -0.05) is 6.07 Å². The lowest BCUT2D eigenvalue weighted by Crippen LogP contribution is -2.23. The summed E-state index contributed by atoms with van der Waals surface area (Å²) in [6.07, 6.45) is 3.23. The molecule has 3 rings (SSSR count). The molecule has 0 unspecified atom stereocenters. The van der Waals surface area contributed by atoms with Gasteiger partial charge in [0.15, 0.2) is 6.04 Å². The van der Waals surface area contributed by atoms with Gasteiger partial charge in [0.1, 0.15) is 0 Å². The van der Waals surface area contributed by atoms with Crippen molar-refractivity contribution in [1.82, 2.24) is 25.1 Å². The molecule has 3 aromatic rings. The minimum atomic E-state index is -1.03. The number of anilines is 1. The topological polar surface area (TPSA) is 117 Å². The highest BCUT2D eigenvalue weighted by Crippen LogP contribution is 2.24. The number of pyridine rings is 1. The minimum absolute atomic E-state index is 0.213. The van der Waals surface area contributed by atoms with Crippen LogP contribution in [0.1, 0.15) is 23.0 Å². The van der Waals surface area contributed by atoms with Gasteiger partial charge in [-0.25, -0.2) is 14.8 Å². The van der Waals surface area contributed by atoms with E-state index in [0.29, 0.717) is 28.3 Å². The normalized spacial score (nSPS) is 11.9. The van der Waals surface area contributed by atoms with Gasteiger partial charge in [-0.2, -0.15) is 5.10 Å². The first-order chi connectivity index (χ1) is 11.6. The first-order valence-electron chi connectivity index (χ1n) is 7.31. The second-order valence-corrected chi connectivity index (χ2v) is 5.24. The number of rotatable bonds is 5. The van der Waals surface area contributed by atoms with E-state index in [1.807, 2.05) is 18.2 Å². The predicted molar refractivity (Wildman–Crippen MR) is 87.3 cm³/mol. The van der Waals surface area contributed by atoms with Crippen LogP contribution in [-0.4, -0.2) is 36.2 Å². The Morgan fingerprint density at radius 1 is 1.17 bits per heavy atom.